The van der Waals surface area contributed by atoms with Crippen LogP contribution in [0.4, 0.5) is 0 Å². The van der Waals surface area contributed by atoms with E-state index in [1.807, 2.05) is 30.6 Å². The lowest BCUT2D eigenvalue weighted by atomic mass is 9.99. The average molecular weight is 695 g/mol. The maximum atomic E-state index is 5.02. The van der Waals surface area contributed by atoms with Crippen LogP contribution in [0, 0.1) is 0 Å². The van der Waals surface area contributed by atoms with Crippen LogP contribution in [0.1, 0.15) is 0 Å². The van der Waals surface area contributed by atoms with Crippen molar-refractivity contribution in [3.05, 3.63) is 175 Å². The van der Waals surface area contributed by atoms with Crippen molar-refractivity contribution >= 4 is 15.9 Å². The third-order valence-electron chi connectivity index (χ3n) is 8.41. The van der Waals surface area contributed by atoms with Crippen LogP contribution in [0.15, 0.2) is 175 Å². The van der Waals surface area contributed by atoms with Crippen molar-refractivity contribution < 1.29 is 0 Å². The molecule has 8 rings (SSSR count). The van der Waals surface area contributed by atoms with Gasteiger partial charge in [-0.15, -0.1) is 0 Å². The summed E-state index contributed by atoms with van der Waals surface area (Å²) in [6.07, 6.45) is 7.29. The molecular formula is C43H28BrN5. The predicted molar refractivity (Wildman–Crippen MR) is 201 cm³/mol. The standard InChI is InChI=1S/C43H28BrN5/c44-40-10-2-6-36(26-40)30-13-11-29(12-14-30)35-5-1-7-37(25-35)43-48-41(33-19-15-31(16-20-33)38-8-3-23-45-27-38)47-42(49-43)34-21-17-32(18-22-34)39-9-4-24-46-28-39/h1-28H. The van der Waals surface area contributed by atoms with Gasteiger partial charge in [-0.2, -0.15) is 0 Å². The minimum Gasteiger partial charge on any atom is -0.264 e. The van der Waals surface area contributed by atoms with E-state index in [2.05, 4.69) is 153 Å². The molecule has 0 aliphatic heterocycles. The topological polar surface area (TPSA) is 64.5 Å². The summed E-state index contributed by atoms with van der Waals surface area (Å²) < 4.78 is 1.06. The van der Waals surface area contributed by atoms with Gasteiger partial charge in [0.25, 0.3) is 0 Å². The first-order valence-corrected chi connectivity index (χ1v) is 16.7. The zero-order valence-corrected chi connectivity index (χ0v) is 27.9. The summed E-state index contributed by atoms with van der Waals surface area (Å²) >= 11 is 3.59. The van der Waals surface area contributed by atoms with E-state index >= 15 is 0 Å². The van der Waals surface area contributed by atoms with E-state index in [0.29, 0.717) is 17.5 Å². The van der Waals surface area contributed by atoms with Crippen LogP contribution in [0.3, 0.4) is 0 Å². The van der Waals surface area contributed by atoms with Crippen LogP contribution in [-0.4, -0.2) is 24.9 Å². The summed E-state index contributed by atoms with van der Waals surface area (Å²) in [6.45, 7) is 0. The van der Waals surface area contributed by atoms with Crippen LogP contribution in [0.25, 0.3) is 78.7 Å². The number of nitrogens with zero attached hydrogens (tertiary/aromatic N) is 5. The highest BCUT2D eigenvalue weighted by molar-refractivity contribution is 9.10. The van der Waals surface area contributed by atoms with Crippen molar-refractivity contribution in [2.75, 3.05) is 0 Å². The Balaban J connectivity index is 1.17. The molecule has 5 nitrogen and oxygen atoms in total. The lowest BCUT2D eigenvalue weighted by Gasteiger charge is -2.11. The Morgan fingerprint density at radius 2 is 0.673 bits per heavy atom. The lowest BCUT2D eigenvalue weighted by Crippen LogP contribution is -2.00. The molecule has 0 saturated heterocycles. The Kier molecular flexibility index (Phi) is 8.36. The molecule has 0 amide bonds. The molecule has 0 saturated carbocycles. The Labute approximate surface area is 293 Å². The third-order valence-corrected chi connectivity index (χ3v) is 8.90. The molecular weight excluding hydrogens is 666 g/mol. The number of aromatic nitrogens is 5. The van der Waals surface area contributed by atoms with E-state index < -0.39 is 0 Å². The second-order valence-electron chi connectivity index (χ2n) is 11.6. The zero-order chi connectivity index (χ0) is 33.0. The van der Waals surface area contributed by atoms with Gasteiger partial charge in [0.2, 0.25) is 0 Å². The zero-order valence-electron chi connectivity index (χ0n) is 26.3. The molecule has 0 fully saturated rings. The molecule has 6 heteroatoms. The molecule has 0 bridgehead atoms. The minimum absolute atomic E-state index is 0.609. The predicted octanol–water partition coefficient (Wildman–Crippen LogP) is 11.1. The molecule has 8 aromatic rings. The molecule has 0 radical (unpaired) electrons. The number of halogens is 1. The maximum absolute atomic E-state index is 5.02. The van der Waals surface area contributed by atoms with E-state index in [1.54, 1.807) is 12.4 Å². The van der Waals surface area contributed by atoms with Crippen molar-refractivity contribution in [1.29, 1.82) is 0 Å². The van der Waals surface area contributed by atoms with Crippen LogP contribution in [0.2, 0.25) is 0 Å². The Morgan fingerprint density at radius 1 is 0.306 bits per heavy atom. The van der Waals surface area contributed by atoms with Crippen LogP contribution >= 0.6 is 15.9 Å². The lowest BCUT2D eigenvalue weighted by molar-refractivity contribution is 1.07. The highest BCUT2D eigenvalue weighted by atomic mass is 79.9. The molecule has 0 aliphatic carbocycles. The van der Waals surface area contributed by atoms with Crippen molar-refractivity contribution in [3.8, 4) is 78.7 Å². The van der Waals surface area contributed by atoms with Crippen LogP contribution < -0.4 is 0 Å². The highest BCUT2D eigenvalue weighted by Gasteiger charge is 2.14. The van der Waals surface area contributed by atoms with E-state index in [1.165, 1.54) is 5.56 Å². The first-order valence-electron chi connectivity index (χ1n) is 15.9. The van der Waals surface area contributed by atoms with Gasteiger partial charge in [0.05, 0.1) is 0 Å². The monoisotopic (exact) mass is 693 g/mol. The van der Waals surface area contributed by atoms with Gasteiger partial charge in [0.1, 0.15) is 0 Å². The van der Waals surface area contributed by atoms with Gasteiger partial charge >= 0.3 is 0 Å². The molecule has 0 spiro atoms. The average Bonchev–Trinajstić information content (AvgIpc) is 3.19. The van der Waals surface area contributed by atoms with E-state index in [9.17, 15) is 0 Å². The summed E-state index contributed by atoms with van der Waals surface area (Å²) in [4.78, 5) is 23.6. The summed E-state index contributed by atoms with van der Waals surface area (Å²) in [5.41, 5.74) is 11.5. The Bertz CT molecular complexity index is 2260. The second-order valence-corrected chi connectivity index (χ2v) is 12.5. The van der Waals surface area contributed by atoms with E-state index in [4.69, 9.17) is 15.0 Å². The van der Waals surface area contributed by atoms with Crippen molar-refractivity contribution in [2.45, 2.75) is 0 Å². The Morgan fingerprint density at radius 3 is 1.12 bits per heavy atom. The normalized spacial score (nSPS) is 11.0. The summed E-state index contributed by atoms with van der Waals surface area (Å²) in [5.74, 6) is 1.83. The fraction of sp³-hybridized carbons (Fsp3) is 0. The van der Waals surface area contributed by atoms with Crippen molar-refractivity contribution in [3.63, 3.8) is 0 Å². The van der Waals surface area contributed by atoms with Gasteiger partial charge in [-0.3, -0.25) is 9.97 Å². The smallest absolute Gasteiger partial charge is 0.164 e. The maximum Gasteiger partial charge on any atom is 0.164 e. The number of rotatable bonds is 7. The van der Waals surface area contributed by atoms with Gasteiger partial charge in [-0.05, 0) is 74.8 Å². The molecule has 3 heterocycles. The molecule has 0 unspecified atom stereocenters. The van der Waals surface area contributed by atoms with Gasteiger partial charge < -0.3 is 0 Å². The number of hydrogen-bond donors (Lipinski definition) is 0. The van der Waals surface area contributed by atoms with E-state index in [-0.39, 0.29) is 0 Å². The molecule has 232 valence electrons. The number of hydrogen-bond acceptors (Lipinski definition) is 5. The number of pyridine rings is 2. The van der Waals surface area contributed by atoms with Crippen molar-refractivity contribution in [1.82, 2.24) is 24.9 Å². The quantitative estimate of drug-likeness (QED) is 0.166. The second kappa shape index (κ2) is 13.6. The third kappa shape index (κ3) is 6.68. The molecule has 3 aromatic heterocycles. The minimum atomic E-state index is 0.609. The van der Waals surface area contributed by atoms with Gasteiger partial charge in [-0.1, -0.05) is 131 Å². The first kappa shape index (κ1) is 30.2. The molecule has 0 aliphatic rings. The highest BCUT2D eigenvalue weighted by Crippen LogP contribution is 2.31. The Hall–Kier alpha value is -6.11. The summed E-state index contributed by atoms with van der Waals surface area (Å²) in [5, 5.41) is 0. The van der Waals surface area contributed by atoms with Gasteiger partial charge in [0.15, 0.2) is 17.5 Å². The van der Waals surface area contributed by atoms with Crippen molar-refractivity contribution in [2.24, 2.45) is 0 Å². The van der Waals surface area contributed by atoms with Crippen LogP contribution in [-0.2, 0) is 0 Å². The molecule has 49 heavy (non-hydrogen) atoms. The molecule has 0 N–H and O–H groups in total. The SMILES string of the molecule is Brc1cccc(-c2ccc(-c3cccc(-c4nc(-c5ccc(-c6cccnc6)cc5)nc(-c5ccc(-c6cccnc6)cc5)n4)c3)cc2)c1. The fourth-order valence-corrected chi connectivity index (χ4v) is 6.21. The summed E-state index contributed by atoms with van der Waals surface area (Å²) in [7, 11) is 0. The largest absolute Gasteiger partial charge is 0.264 e. The van der Waals surface area contributed by atoms with Crippen LogP contribution in [0.5, 0.6) is 0 Å². The fourth-order valence-electron chi connectivity index (χ4n) is 5.81. The van der Waals surface area contributed by atoms with Gasteiger partial charge in [0, 0.05) is 46.0 Å². The molecule has 0 atom stereocenters. The van der Waals surface area contributed by atoms with E-state index in [0.717, 1.165) is 60.1 Å². The number of benzene rings is 5. The summed E-state index contributed by atoms with van der Waals surface area (Å²) in [6, 6.07) is 49.9. The van der Waals surface area contributed by atoms with Gasteiger partial charge in [-0.25, -0.2) is 15.0 Å². The first-order chi connectivity index (χ1) is 24.2. The molecule has 5 aromatic carbocycles.